The van der Waals surface area contributed by atoms with E-state index < -0.39 is 27.1 Å². The van der Waals surface area contributed by atoms with Crippen LogP contribution in [0.15, 0.2) is 152 Å². The van der Waals surface area contributed by atoms with Gasteiger partial charge in [-0.1, -0.05) is 166 Å². The lowest BCUT2D eigenvalue weighted by Crippen LogP contribution is -2.55. The number of carbonyl (C=O) groups excluding carboxylic acids is 5. The van der Waals surface area contributed by atoms with E-state index in [4.69, 9.17) is 0 Å². The third-order valence-electron chi connectivity index (χ3n) is 34.5. The molecule has 4 N–H and O–H groups in total. The molecule has 5 aromatic rings. The zero-order valence-electron chi connectivity index (χ0n) is 87.7. The molecule has 5 aliphatic heterocycles. The largest absolute Gasteiger partial charge is 0.331 e. The molecule has 0 unspecified atom stereocenters. The summed E-state index contributed by atoms with van der Waals surface area (Å²) in [5.74, 6) is 1.34. The van der Waals surface area contributed by atoms with Gasteiger partial charge in [-0.15, -0.1) is 0 Å². The van der Waals surface area contributed by atoms with Crippen LogP contribution in [0.4, 0.5) is 24.0 Å². The molecule has 139 heavy (non-hydrogen) atoms. The third-order valence-corrected chi connectivity index (χ3v) is 34.5. The molecular formula is C114H164N20O5. The predicted molar refractivity (Wildman–Crippen MR) is 550 cm³/mol. The number of nitrogens with zero attached hydrogens (tertiary/aromatic N) is 16. The first-order valence-electron chi connectivity index (χ1n) is 51.9. The first kappa shape index (κ1) is 106. The highest BCUT2D eigenvalue weighted by Crippen LogP contribution is 2.55. The van der Waals surface area contributed by atoms with E-state index in [-0.39, 0.29) is 85.5 Å². The molecule has 5 aromatic carbocycles. The Hall–Kier alpha value is -10.3. The quantitative estimate of drug-likeness (QED) is 0.0400. The van der Waals surface area contributed by atoms with Gasteiger partial charge in [0.15, 0.2) is 0 Å². The Labute approximate surface area is 833 Å². The minimum absolute atomic E-state index is 0.00860. The Morgan fingerprint density at radius 2 is 0.626 bits per heavy atom. The summed E-state index contributed by atoms with van der Waals surface area (Å²) in [4.78, 5) is 87.8. The predicted octanol–water partition coefficient (Wildman–Crippen LogP) is 19.3. The van der Waals surface area contributed by atoms with Crippen LogP contribution in [0.2, 0.25) is 0 Å². The standard InChI is InChI=1S/2C25H36N4O.C23H34N4O.C21H30N4O.C20H28N4O/c2*1-23(2,17-26)18-28-19-24(29(22(28)30)16-20-10-11-20)12-14-25(15-13-24,27(3)4)21-8-6-5-7-9-21;1-6-25(4)23(19-10-8-7-9-11-19)14-12-22(13-15-23)18-27(20(28)26(22)5)17-21(2,3)16-24;1-4-23-21(17-8-6-5-7-9-17)12-10-20(11-13-21)16-25(18(26)24-20)15-19(2,3)14-22;1-18(2,13-21)14-24-15-19(23-17(24)25)9-11-20(22-3,12-10-19)16-7-5-4-6-8-16/h2*5-9,20H,10-16,18-19H2,1-4H3;7-11H,6,12-15,17-18H2,1-5H3;5-9,23H,4,10-13,15-16H2,1-3H3,(H,24,26);4-8,22H,9-12,14-15H2,1-3H3,(H,23,25). The first-order chi connectivity index (χ1) is 65.8. The van der Waals surface area contributed by atoms with Crippen molar-refractivity contribution >= 4 is 30.2 Å². The van der Waals surface area contributed by atoms with Crippen LogP contribution in [0, 0.1) is 95.6 Å². The van der Waals surface area contributed by atoms with Crippen LogP contribution in [0.5, 0.6) is 0 Å². The maximum Gasteiger partial charge on any atom is 0.320 e. The minimum atomic E-state index is -0.521. The molecule has 0 aromatic heterocycles. The molecule has 5 heterocycles. The zero-order chi connectivity index (χ0) is 101. The summed E-state index contributed by atoms with van der Waals surface area (Å²) in [6.07, 6.45) is 25.0. The summed E-state index contributed by atoms with van der Waals surface area (Å²) in [7, 11) is 14.9. The average Bonchev–Trinajstić information content (AvgIpc) is 1.60. The van der Waals surface area contributed by atoms with Crippen molar-refractivity contribution in [2.45, 2.75) is 293 Å². The number of urea groups is 5. The van der Waals surface area contributed by atoms with E-state index in [1.807, 2.05) is 119 Å². The van der Waals surface area contributed by atoms with E-state index in [1.54, 1.807) is 0 Å². The maximum absolute atomic E-state index is 13.4. The topological polar surface area (TPSA) is 288 Å². The van der Waals surface area contributed by atoms with Crippen LogP contribution in [-0.4, -0.2) is 253 Å². The first-order valence-corrected chi connectivity index (χ1v) is 51.9. The lowest BCUT2D eigenvalue weighted by Gasteiger charge is -2.51. The highest BCUT2D eigenvalue weighted by atomic mass is 16.2. The molecule has 7 aliphatic carbocycles. The number of benzene rings is 5. The van der Waals surface area contributed by atoms with Crippen molar-refractivity contribution in [3.8, 4) is 30.3 Å². The van der Waals surface area contributed by atoms with Crippen molar-refractivity contribution in [2.24, 2.45) is 38.9 Å². The normalized spacial score (nSPS) is 29.2. The Bertz CT molecular complexity index is 5090. The summed E-state index contributed by atoms with van der Waals surface area (Å²) in [6.45, 7) is 33.3. The lowest BCUT2D eigenvalue weighted by molar-refractivity contribution is 0.0204. The molecule has 0 bridgehead atoms. The Balaban J connectivity index is 0.000000147. The fourth-order valence-electron chi connectivity index (χ4n) is 25.3. The molecule has 17 rings (SSSR count). The van der Waals surface area contributed by atoms with Gasteiger partial charge in [0.2, 0.25) is 0 Å². The van der Waals surface area contributed by atoms with E-state index in [0.29, 0.717) is 57.6 Å². The summed E-state index contributed by atoms with van der Waals surface area (Å²) in [5, 5.41) is 60.7. The maximum atomic E-state index is 13.4. The van der Waals surface area contributed by atoms with Crippen LogP contribution in [0.1, 0.15) is 265 Å². The summed E-state index contributed by atoms with van der Waals surface area (Å²) in [6, 6.07) is 65.8. The van der Waals surface area contributed by atoms with Gasteiger partial charge in [0.1, 0.15) is 0 Å². The number of amides is 10. The number of nitriles is 5. The molecule has 25 heteroatoms. The van der Waals surface area contributed by atoms with Crippen molar-refractivity contribution in [3.63, 3.8) is 0 Å². The monoisotopic (exact) mass is 1890 g/mol. The van der Waals surface area contributed by atoms with Crippen molar-refractivity contribution in [2.75, 3.05) is 141 Å². The Kier molecular flexibility index (Phi) is 32.1. The highest BCUT2D eigenvalue weighted by Gasteiger charge is 2.61. The van der Waals surface area contributed by atoms with Crippen LogP contribution >= 0.6 is 0 Å². The highest BCUT2D eigenvalue weighted by molar-refractivity contribution is 5.81. The lowest BCUT2D eigenvalue weighted by atomic mass is 9.68. The smallest absolute Gasteiger partial charge is 0.320 e. The van der Waals surface area contributed by atoms with Crippen molar-refractivity contribution in [1.82, 2.24) is 75.2 Å². The summed E-state index contributed by atoms with van der Waals surface area (Å²) in [5.41, 5.74) is 3.67. The molecule has 0 atom stereocenters. The van der Waals surface area contributed by atoms with Gasteiger partial charge in [0.05, 0.1) is 85.1 Å². The molecule has 0 radical (unpaired) electrons. The van der Waals surface area contributed by atoms with Crippen molar-refractivity contribution in [1.29, 1.82) is 26.3 Å². The van der Waals surface area contributed by atoms with Gasteiger partial charge in [-0.2, -0.15) is 26.3 Å². The molecule has 7 saturated carbocycles. The Morgan fingerprint density at radius 1 is 0.353 bits per heavy atom. The molecule has 25 nitrogen and oxygen atoms in total. The van der Waals surface area contributed by atoms with Crippen molar-refractivity contribution in [3.05, 3.63) is 179 Å². The number of hydrogen-bond acceptors (Lipinski definition) is 15. The van der Waals surface area contributed by atoms with Gasteiger partial charge in [-0.3, -0.25) is 14.7 Å². The number of nitrogens with one attached hydrogen (secondary N) is 4. The van der Waals surface area contributed by atoms with Gasteiger partial charge in [0.25, 0.3) is 0 Å². The van der Waals surface area contributed by atoms with E-state index in [0.717, 1.165) is 174 Å². The number of likely N-dealkylation sites (N-methyl/N-ethyl adjacent to an activating group) is 1. The van der Waals surface area contributed by atoms with Gasteiger partial charge >= 0.3 is 30.2 Å². The van der Waals surface area contributed by atoms with E-state index >= 15 is 0 Å². The van der Waals surface area contributed by atoms with Crippen LogP contribution < -0.4 is 21.3 Å². The van der Waals surface area contributed by atoms with Gasteiger partial charge in [-0.25, -0.2) is 24.0 Å². The van der Waals surface area contributed by atoms with Gasteiger partial charge in [-0.05, 0) is 318 Å². The Morgan fingerprint density at radius 3 is 0.921 bits per heavy atom. The zero-order valence-corrected chi connectivity index (χ0v) is 87.7. The molecular weight excluding hydrogens is 1730 g/mol. The minimum Gasteiger partial charge on any atom is -0.331 e. The van der Waals surface area contributed by atoms with Crippen LogP contribution in [0.3, 0.4) is 0 Å². The summed E-state index contributed by atoms with van der Waals surface area (Å²) < 4.78 is 0. The fraction of sp³-hybridized carbons (Fsp3) is 0.649. The second-order valence-electron chi connectivity index (χ2n) is 47.5. The molecule has 12 fully saturated rings. The van der Waals surface area contributed by atoms with E-state index in [9.17, 15) is 50.3 Å². The molecule has 12 aliphatic rings. The van der Waals surface area contributed by atoms with Crippen LogP contribution in [0.25, 0.3) is 0 Å². The average molecular weight is 1890 g/mol. The number of hydrogen-bond donors (Lipinski definition) is 4. The summed E-state index contributed by atoms with van der Waals surface area (Å²) >= 11 is 0. The van der Waals surface area contributed by atoms with Gasteiger partial charge in [0, 0.05) is 113 Å². The molecule has 750 valence electrons. The van der Waals surface area contributed by atoms with Gasteiger partial charge < -0.3 is 60.5 Å². The van der Waals surface area contributed by atoms with Crippen molar-refractivity contribution < 1.29 is 24.0 Å². The third kappa shape index (κ3) is 23.1. The van der Waals surface area contributed by atoms with E-state index in [1.165, 1.54) is 53.5 Å². The SMILES string of the molecule is CCN(C)C1(c2ccccc2)CCC2(CC1)CN(CC(C)(C)C#N)C(=O)N2C.CCNC1(c2ccccc2)CCC2(CC1)CN(CC(C)(C)C#N)C(=O)N2.CN(C)C1(c2ccccc2)CCC2(CC1)CN(CC(C)(C)C#N)C(=O)N2CC1CC1.CN(C)C1(c2ccccc2)CCC2(CC1)CN(CC(C)(C)C#N)C(=O)N2CC1CC1.CNC1(c2ccccc2)CCC2(CC1)CN(CC(C)(C)C#N)C(=O)N2. The number of carbonyl (C=O) groups is 5. The van der Waals surface area contributed by atoms with Crippen LogP contribution in [-0.2, 0) is 27.7 Å². The van der Waals surface area contributed by atoms with E-state index in [2.05, 4.69) is 271 Å². The fourth-order valence-corrected chi connectivity index (χ4v) is 25.3. The molecule has 10 amide bonds. The second-order valence-corrected chi connectivity index (χ2v) is 47.5. The molecule has 5 spiro atoms. The second kappa shape index (κ2) is 42.1. The number of rotatable bonds is 26. The molecule has 5 saturated heterocycles.